The highest BCUT2D eigenvalue weighted by Gasteiger charge is 2.40. The highest BCUT2D eigenvalue weighted by atomic mass is 32.2. The highest BCUT2D eigenvalue weighted by molar-refractivity contribution is 7.85. The van der Waals surface area contributed by atoms with Crippen molar-refractivity contribution >= 4 is 16.5 Å². The van der Waals surface area contributed by atoms with Crippen LogP contribution >= 0.6 is 0 Å². The van der Waals surface area contributed by atoms with Gasteiger partial charge in [0.15, 0.2) is 0 Å². The number of anilines is 1. The first-order chi connectivity index (χ1) is 8.61. The molecular formula is C14H18FNOS. The molecule has 0 amide bonds. The van der Waals surface area contributed by atoms with Crippen molar-refractivity contribution in [1.82, 2.24) is 0 Å². The SMILES string of the molecule is Nc1cc(F)cc(S(=O)CC2CC3CCC2C3)c1. The Morgan fingerprint density at radius 1 is 1.28 bits per heavy atom. The minimum atomic E-state index is -1.12. The fourth-order valence-electron chi connectivity index (χ4n) is 3.59. The molecular weight excluding hydrogens is 249 g/mol. The smallest absolute Gasteiger partial charge is 0.126 e. The maximum Gasteiger partial charge on any atom is 0.126 e. The Morgan fingerprint density at radius 3 is 2.72 bits per heavy atom. The molecule has 4 unspecified atom stereocenters. The quantitative estimate of drug-likeness (QED) is 0.856. The van der Waals surface area contributed by atoms with E-state index in [1.165, 1.54) is 37.8 Å². The molecule has 0 aliphatic heterocycles. The van der Waals surface area contributed by atoms with E-state index in [1.807, 2.05) is 0 Å². The number of rotatable bonds is 3. The lowest BCUT2D eigenvalue weighted by Gasteiger charge is -2.21. The lowest BCUT2D eigenvalue weighted by Crippen LogP contribution is -2.18. The van der Waals surface area contributed by atoms with Crippen molar-refractivity contribution in [1.29, 1.82) is 0 Å². The molecule has 2 aliphatic carbocycles. The van der Waals surface area contributed by atoms with Crippen LogP contribution in [-0.4, -0.2) is 9.96 Å². The van der Waals surface area contributed by atoms with Crippen molar-refractivity contribution < 1.29 is 8.60 Å². The van der Waals surface area contributed by atoms with Crippen molar-refractivity contribution in [2.75, 3.05) is 11.5 Å². The highest BCUT2D eigenvalue weighted by Crippen LogP contribution is 2.48. The van der Waals surface area contributed by atoms with E-state index in [0.717, 1.165) is 11.8 Å². The molecule has 2 N–H and O–H groups in total. The van der Waals surface area contributed by atoms with Gasteiger partial charge < -0.3 is 5.73 Å². The van der Waals surface area contributed by atoms with Gasteiger partial charge in [0.2, 0.25) is 0 Å². The van der Waals surface area contributed by atoms with Crippen LogP contribution in [0, 0.1) is 23.6 Å². The van der Waals surface area contributed by atoms with Crippen LogP contribution in [0.15, 0.2) is 23.1 Å². The summed E-state index contributed by atoms with van der Waals surface area (Å²) in [6.07, 6.45) is 5.16. The summed E-state index contributed by atoms with van der Waals surface area (Å²) < 4.78 is 25.5. The fraction of sp³-hybridized carbons (Fsp3) is 0.571. The Labute approximate surface area is 109 Å². The predicted octanol–water partition coefficient (Wildman–Crippen LogP) is 2.95. The van der Waals surface area contributed by atoms with Gasteiger partial charge in [-0.15, -0.1) is 0 Å². The van der Waals surface area contributed by atoms with Gasteiger partial charge in [0, 0.05) is 16.3 Å². The van der Waals surface area contributed by atoms with Crippen LogP contribution in [0.25, 0.3) is 0 Å². The molecule has 2 nitrogen and oxygen atoms in total. The number of nitrogen functional groups attached to an aromatic ring is 1. The standard InChI is InChI=1S/C14H18FNOS/c15-12-5-13(16)7-14(6-12)18(17)8-11-4-9-1-2-10(11)3-9/h5-7,9-11H,1-4,8,16H2. The number of fused-ring (bicyclic) bond motifs is 2. The van der Waals surface area contributed by atoms with Gasteiger partial charge in [-0.1, -0.05) is 6.42 Å². The van der Waals surface area contributed by atoms with E-state index in [4.69, 9.17) is 5.73 Å². The molecule has 0 saturated heterocycles. The van der Waals surface area contributed by atoms with Crippen molar-refractivity contribution in [2.45, 2.75) is 30.6 Å². The third-order valence-corrected chi connectivity index (χ3v) is 5.90. The summed E-state index contributed by atoms with van der Waals surface area (Å²) in [7, 11) is -1.12. The van der Waals surface area contributed by atoms with Crippen LogP contribution < -0.4 is 5.73 Å². The van der Waals surface area contributed by atoms with Crippen LogP contribution in [0.3, 0.4) is 0 Å². The minimum Gasteiger partial charge on any atom is -0.399 e. The van der Waals surface area contributed by atoms with Gasteiger partial charge in [0.05, 0.1) is 10.8 Å². The number of hydrogen-bond donors (Lipinski definition) is 1. The molecule has 4 atom stereocenters. The molecule has 18 heavy (non-hydrogen) atoms. The number of benzene rings is 1. The van der Waals surface area contributed by atoms with Crippen LogP contribution in [0.4, 0.5) is 10.1 Å². The molecule has 1 aromatic carbocycles. The zero-order valence-corrected chi connectivity index (χ0v) is 11.1. The average molecular weight is 267 g/mol. The number of halogens is 1. The lowest BCUT2D eigenvalue weighted by atomic mass is 9.90. The maximum absolute atomic E-state index is 13.2. The molecule has 2 bridgehead atoms. The Morgan fingerprint density at radius 2 is 2.11 bits per heavy atom. The summed E-state index contributed by atoms with van der Waals surface area (Å²) in [5.74, 6) is 2.45. The van der Waals surface area contributed by atoms with Gasteiger partial charge in [-0.25, -0.2) is 4.39 Å². The monoisotopic (exact) mass is 267 g/mol. The van der Waals surface area contributed by atoms with E-state index in [-0.39, 0.29) is 0 Å². The van der Waals surface area contributed by atoms with Gasteiger partial charge in [-0.2, -0.15) is 0 Å². The first-order valence-corrected chi connectivity index (χ1v) is 7.88. The first kappa shape index (κ1) is 12.2. The zero-order chi connectivity index (χ0) is 12.7. The molecule has 98 valence electrons. The molecule has 0 heterocycles. The van der Waals surface area contributed by atoms with E-state index in [1.54, 1.807) is 6.07 Å². The molecule has 3 rings (SSSR count). The molecule has 0 spiro atoms. The van der Waals surface area contributed by atoms with E-state index in [0.29, 0.717) is 22.3 Å². The largest absolute Gasteiger partial charge is 0.399 e. The minimum absolute atomic E-state index is 0.353. The van der Waals surface area contributed by atoms with Crippen molar-refractivity contribution in [3.05, 3.63) is 24.0 Å². The van der Waals surface area contributed by atoms with Crippen LogP contribution in [0.1, 0.15) is 25.7 Å². The lowest BCUT2D eigenvalue weighted by molar-refractivity contribution is 0.363. The van der Waals surface area contributed by atoms with E-state index < -0.39 is 16.6 Å². The van der Waals surface area contributed by atoms with Crippen LogP contribution in [-0.2, 0) is 10.8 Å². The topological polar surface area (TPSA) is 43.1 Å². The summed E-state index contributed by atoms with van der Waals surface area (Å²) in [6, 6.07) is 4.24. The Bertz CT molecular complexity index is 470. The van der Waals surface area contributed by atoms with Crippen LogP contribution in [0.5, 0.6) is 0 Å². The second-order valence-corrected chi connectivity index (χ2v) is 7.16. The second kappa shape index (κ2) is 4.65. The van der Waals surface area contributed by atoms with E-state index in [9.17, 15) is 8.60 Å². The summed E-state index contributed by atoms with van der Waals surface area (Å²) in [4.78, 5) is 0.537. The van der Waals surface area contributed by atoms with Crippen molar-refractivity contribution in [3.63, 3.8) is 0 Å². The second-order valence-electron chi connectivity index (χ2n) is 5.67. The maximum atomic E-state index is 13.2. The number of hydrogen-bond acceptors (Lipinski definition) is 2. The summed E-state index contributed by atoms with van der Waals surface area (Å²) in [5.41, 5.74) is 5.94. The predicted molar refractivity (Wildman–Crippen MR) is 71.0 cm³/mol. The molecule has 4 heteroatoms. The normalized spacial score (nSPS) is 31.7. The van der Waals surface area contributed by atoms with Gasteiger partial charge in [-0.3, -0.25) is 4.21 Å². The molecule has 0 aromatic heterocycles. The third-order valence-electron chi connectivity index (χ3n) is 4.41. The summed E-state index contributed by atoms with van der Waals surface area (Å²) >= 11 is 0. The van der Waals surface area contributed by atoms with Gasteiger partial charge >= 0.3 is 0 Å². The summed E-state index contributed by atoms with van der Waals surface area (Å²) in [5, 5.41) is 0. The van der Waals surface area contributed by atoms with Crippen molar-refractivity contribution in [3.8, 4) is 0 Å². The van der Waals surface area contributed by atoms with Crippen LogP contribution in [0.2, 0.25) is 0 Å². The average Bonchev–Trinajstić information content (AvgIpc) is 2.89. The molecule has 0 radical (unpaired) electrons. The first-order valence-electron chi connectivity index (χ1n) is 6.56. The molecule has 2 fully saturated rings. The molecule has 1 aromatic rings. The van der Waals surface area contributed by atoms with Gasteiger partial charge in [-0.05, 0) is 55.2 Å². The summed E-state index contributed by atoms with van der Waals surface area (Å²) in [6.45, 7) is 0. The molecule has 2 aliphatic rings. The van der Waals surface area contributed by atoms with Gasteiger partial charge in [0.25, 0.3) is 0 Å². The third kappa shape index (κ3) is 2.30. The Kier molecular flexibility index (Phi) is 3.14. The van der Waals surface area contributed by atoms with Crippen molar-refractivity contribution in [2.24, 2.45) is 17.8 Å². The Hall–Kier alpha value is -0.900. The fourth-order valence-corrected chi connectivity index (χ4v) is 5.09. The van der Waals surface area contributed by atoms with E-state index in [2.05, 4.69) is 0 Å². The van der Waals surface area contributed by atoms with E-state index >= 15 is 0 Å². The number of nitrogens with two attached hydrogens (primary N) is 1. The van der Waals surface area contributed by atoms with Gasteiger partial charge in [0.1, 0.15) is 5.82 Å². The Balaban J connectivity index is 1.71. The molecule has 2 saturated carbocycles. The zero-order valence-electron chi connectivity index (χ0n) is 10.3.